The summed E-state index contributed by atoms with van der Waals surface area (Å²) < 4.78 is 35.0. The summed E-state index contributed by atoms with van der Waals surface area (Å²) in [6, 6.07) is 28.5. The molecule has 0 aliphatic rings. The van der Waals surface area contributed by atoms with Gasteiger partial charge in [-0.1, -0.05) is 96.9 Å². The SMILES string of the molecule is CCC(C)NC(=O)C(Cc1ccccc1)N(Cc1ccc(C)cc1)C(=O)CN(c1cc(Cl)ccc1OC)S(=O)(=O)c1ccccc1. The van der Waals surface area contributed by atoms with E-state index in [4.69, 9.17) is 16.3 Å². The number of rotatable bonds is 14. The van der Waals surface area contributed by atoms with Crippen molar-refractivity contribution in [3.05, 3.63) is 125 Å². The van der Waals surface area contributed by atoms with E-state index in [9.17, 15) is 18.0 Å². The minimum absolute atomic E-state index is 0.00902. The highest BCUT2D eigenvalue weighted by Gasteiger charge is 2.36. The van der Waals surface area contributed by atoms with Gasteiger partial charge in [-0.15, -0.1) is 0 Å². The molecule has 1 N–H and O–H groups in total. The van der Waals surface area contributed by atoms with Gasteiger partial charge in [0.2, 0.25) is 11.8 Å². The van der Waals surface area contributed by atoms with Crippen LogP contribution in [0.5, 0.6) is 5.75 Å². The van der Waals surface area contributed by atoms with Gasteiger partial charge in [0.1, 0.15) is 18.3 Å². The average molecular weight is 662 g/mol. The lowest BCUT2D eigenvalue weighted by atomic mass is 10.0. The van der Waals surface area contributed by atoms with Gasteiger partial charge in [0, 0.05) is 24.0 Å². The van der Waals surface area contributed by atoms with Crippen LogP contribution in [-0.2, 0) is 32.6 Å². The molecule has 0 aliphatic carbocycles. The molecule has 0 bridgehead atoms. The average Bonchev–Trinajstić information content (AvgIpc) is 3.06. The maximum absolute atomic E-state index is 14.6. The van der Waals surface area contributed by atoms with Crippen LogP contribution in [0.2, 0.25) is 5.02 Å². The van der Waals surface area contributed by atoms with E-state index < -0.39 is 28.5 Å². The van der Waals surface area contributed by atoms with Crippen LogP contribution < -0.4 is 14.4 Å². The fraction of sp³-hybridized carbons (Fsp3) is 0.278. The molecule has 0 fully saturated rings. The summed E-state index contributed by atoms with van der Waals surface area (Å²) in [4.78, 5) is 30.0. The number of benzene rings is 4. The molecule has 2 amide bonds. The second kappa shape index (κ2) is 15.8. The maximum atomic E-state index is 14.6. The Hall–Kier alpha value is -4.34. The van der Waals surface area contributed by atoms with Gasteiger partial charge in [-0.05, 0) is 61.7 Å². The molecule has 0 aliphatic heterocycles. The fourth-order valence-electron chi connectivity index (χ4n) is 4.98. The molecular formula is C36H40ClN3O5S. The third-order valence-corrected chi connectivity index (χ3v) is 9.77. The number of anilines is 1. The predicted octanol–water partition coefficient (Wildman–Crippen LogP) is 6.41. The Balaban J connectivity index is 1.84. The van der Waals surface area contributed by atoms with Crippen molar-refractivity contribution in [3.63, 3.8) is 0 Å². The molecule has 10 heteroatoms. The first-order chi connectivity index (χ1) is 22.0. The van der Waals surface area contributed by atoms with Crippen LogP contribution in [0.15, 0.2) is 108 Å². The number of carbonyl (C=O) groups excluding carboxylic acids is 2. The minimum Gasteiger partial charge on any atom is -0.495 e. The highest BCUT2D eigenvalue weighted by Crippen LogP contribution is 2.35. The lowest BCUT2D eigenvalue weighted by Crippen LogP contribution is -2.54. The molecular weight excluding hydrogens is 622 g/mol. The van der Waals surface area contributed by atoms with Gasteiger partial charge >= 0.3 is 0 Å². The lowest BCUT2D eigenvalue weighted by molar-refractivity contribution is -0.140. The number of ether oxygens (including phenoxy) is 1. The Morgan fingerprint density at radius 2 is 1.52 bits per heavy atom. The van der Waals surface area contributed by atoms with Gasteiger partial charge in [-0.25, -0.2) is 8.42 Å². The first kappa shape index (κ1) is 34.5. The molecule has 0 radical (unpaired) electrons. The molecule has 0 spiro atoms. The van der Waals surface area contributed by atoms with E-state index in [-0.39, 0.29) is 46.3 Å². The Morgan fingerprint density at radius 3 is 2.13 bits per heavy atom. The molecule has 0 saturated heterocycles. The maximum Gasteiger partial charge on any atom is 0.264 e. The zero-order valence-electron chi connectivity index (χ0n) is 26.5. The van der Waals surface area contributed by atoms with E-state index in [2.05, 4.69) is 5.32 Å². The highest BCUT2D eigenvalue weighted by atomic mass is 35.5. The molecule has 46 heavy (non-hydrogen) atoms. The molecule has 0 heterocycles. The van der Waals surface area contributed by atoms with E-state index in [0.29, 0.717) is 6.42 Å². The first-order valence-corrected chi connectivity index (χ1v) is 17.0. The summed E-state index contributed by atoms with van der Waals surface area (Å²) in [5.41, 5.74) is 2.81. The van der Waals surface area contributed by atoms with Gasteiger partial charge in [0.15, 0.2) is 0 Å². The minimum atomic E-state index is -4.29. The number of methoxy groups -OCH3 is 1. The van der Waals surface area contributed by atoms with Crippen molar-refractivity contribution < 1.29 is 22.7 Å². The Kier molecular flexibility index (Phi) is 11.8. The Bertz CT molecular complexity index is 1720. The first-order valence-electron chi connectivity index (χ1n) is 15.1. The predicted molar refractivity (Wildman–Crippen MR) is 183 cm³/mol. The van der Waals surface area contributed by atoms with Crippen LogP contribution >= 0.6 is 11.6 Å². The van der Waals surface area contributed by atoms with Crippen molar-refractivity contribution in [2.24, 2.45) is 0 Å². The summed E-state index contributed by atoms with van der Waals surface area (Å²) in [5.74, 6) is -0.670. The zero-order chi connectivity index (χ0) is 33.3. The second-order valence-electron chi connectivity index (χ2n) is 11.2. The molecule has 4 rings (SSSR count). The Labute approximate surface area is 277 Å². The molecule has 8 nitrogen and oxygen atoms in total. The quantitative estimate of drug-likeness (QED) is 0.169. The van der Waals surface area contributed by atoms with Crippen LogP contribution in [0.3, 0.4) is 0 Å². The zero-order valence-corrected chi connectivity index (χ0v) is 28.1. The number of nitrogens with zero attached hydrogens (tertiary/aromatic N) is 2. The van der Waals surface area contributed by atoms with E-state index in [0.717, 1.165) is 21.0 Å². The highest BCUT2D eigenvalue weighted by molar-refractivity contribution is 7.92. The van der Waals surface area contributed by atoms with Crippen molar-refractivity contribution in [2.45, 2.75) is 57.1 Å². The van der Waals surface area contributed by atoms with Crippen LogP contribution in [0.4, 0.5) is 5.69 Å². The number of halogens is 1. The van der Waals surface area contributed by atoms with Crippen LogP contribution in [-0.4, -0.2) is 50.9 Å². The third kappa shape index (κ3) is 8.68. The standard InChI is InChI=1S/C36H40ClN3O5S/c1-5-27(3)38-36(42)33(22-28-12-8-6-9-13-28)39(24-29-18-16-26(2)17-19-29)35(41)25-40(32-23-30(37)20-21-34(32)45-4)46(43,44)31-14-10-7-11-15-31/h6-21,23,27,33H,5,22,24-25H2,1-4H3,(H,38,42). The summed E-state index contributed by atoms with van der Waals surface area (Å²) >= 11 is 6.35. The van der Waals surface area contributed by atoms with Gasteiger partial charge in [-0.2, -0.15) is 0 Å². The number of aryl methyl sites for hydroxylation is 1. The van der Waals surface area contributed by atoms with Crippen molar-refractivity contribution in [2.75, 3.05) is 18.0 Å². The van der Waals surface area contributed by atoms with Gasteiger partial charge in [0.05, 0.1) is 17.7 Å². The van der Waals surface area contributed by atoms with Crippen molar-refractivity contribution in [1.29, 1.82) is 0 Å². The smallest absolute Gasteiger partial charge is 0.264 e. The number of nitrogens with one attached hydrogen (secondary N) is 1. The summed E-state index contributed by atoms with van der Waals surface area (Å²) in [5, 5.41) is 3.31. The van der Waals surface area contributed by atoms with Crippen molar-refractivity contribution in [1.82, 2.24) is 10.2 Å². The van der Waals surface area contributed by atoms with Gasteiger partial charge in [0.25, 0.3) is 10.0 Å². The normalized spacial score (nSPS) is 12.5. The third-order valence-electron chi connectivity index (χ3n) is 7.77. The summed E-state index contributed by atoms with van der Waals surface area (Å²) in [6.45, 7) is 5.31. The number of hydrogen-bond donors (Lipinski definition) is 1. The van der Waals surface area contributed by atoms with Crippen LogP contribution in [0.25, 0.3) is 0 Å². The molecule has 2 atom stereocenters. The Morgan fingerprint density at radius 1 is 0.891 bits per heavy atom. The molecule has 0 saturated carbocycles. The monoisotopic (exact) mass is 661 g/mol. The largest absolute Gasteiger partial charge is 0.495 e. The topological polar surface area (TPSA) is 96.0 Å². The molecule has 4 aromatic rings. The van der Waals surface area contributed by atoms with Crippen LogP contribution in [0, 0.1) is 6.92 Å². The van der Waals surface area contributed by atoms with Crippen LogP contribution in [0.1, 0.15) is 37.0 Å². The second-order valence-corrected chi connectivity index (χ2v) is 13.5. The lowest BCUT2D eigenvalue weighted by Gasteiger charge is -2.34. The van der Waals surface area contributed by atoms with Crippen molar-refractivity contribution in [3.8, 4) is 5.75 Å². The summed E-state index contributed by atoms with van der Waals surface area (Å²) in [6.07, 6.45) is 0.931. The number of amides is 2. The number of sulfonamides is 1. The van der Waals surface area contributed by atoms with Gasteiger partial charge in [-0.3, -0.25) is 13.9 Å². The van der Waals surface area contributed by atoms with Crippen molar-refractivity contribution >= 4 is 39.1 Å². The van der Waals surface area contributed by atoms with E-state index in [1.807, 2.05) is 75.4 Å². The van der Waals surface area contributed by atoms with E-state index >= 15 is 0 Å². The molecule has 0 aromatic heterocycles. The number of carbonyl (C=O) groups is 2. The molecule has 2 unspecified atom stereocenters. The van der Waals surface area contributed by atoms with E-state index in [1.54, 1.807) is 30.3 Å². The molecule has 4 aromatic carbocycles. The van der Waals surface area contributed by atoms with Gasteiger partial charge < -0.3 is 15.0 Å². The number of hydrogen-bond acceptors (Lipinski definition) is 5. The fourth-order valence-corrected chi connectivity index (χ4v) is 6.58. The van der Waals surface area contributed by atoms with E-state index in [1.165, 1.54) is 30.2 Å². The molecule has 242 valence electrons. The summed E-state index contributed by atoms with van der Waals surface area (Å²) in [7, 11) is -2.87.